The van der Waals surface area contributed by atoms with Crippen LogP contribution in [0.2, 0.25) is 0 Å². The van der Waals surface area contributed by atoms with Crippen LogP contribution in [-0.4, -0.2) is 24.0 Å². The molecule has 0 aliphatic rings. The molecular weight excluding hydrogens is 180 g/mol. The third-order valence-electron chi connectivity index (χ3n) is 1.74. The third kappa shape index (κ3) is 2.91. The summed E-state index contributed by atoms with van der Waals surface area (Å²) >= 11 is 0. The first-order chi connectivity index (χ1) is 5.20. The van der Waals surface area contributed by atoms with Gasteiger partial charge in [0.1, 0.15) is 6.29 Å². The van der Waals surface area contributed by atoms with Gasteiger partial charge in [0.15, 0.2) is 0 Å². The molecule has 1 N–H and O–H groups in total. The van der Waals surface area contributed by atoms with Crippen LogP contribution in [0.25, 0.3) is 0 Å². The fourth-order valence-corrected chi connectivity index (χ4v) is 1.40. The van der Waals surface area contributed by atoms with Crippen molar-refractivity contribution < 1.29 is 17.8 Å². The predicted molar refractivity (Wildman–Crippen MR) is 45.5 cm³/mol. The van der Waals surface area contributed by atoms with Gasteiger partial charge in [0, 0.05) is 5.92 Å². The van der Waals surface area contributed by atoms with Crippen molar-refractivity contribution in [1.82, 2.24) is 0 Å². The van der Waals surface area contributed by atoms with E-state index in [4.69, 9.17) is 4.55 Å². The number of carbonyl (C=O) groups excluding carboxylic acids is 1. The molecule has 4 nitrogen and oxygen atoms in total. The number of hydrogen-bond donors (Lipinski definition) is 1. The molecule has 12 heavy (non-hydrogen) atoms. The zero-order chi connectivity index (χ0) is 9.99. The van der Waals surface area contributed by atoms with Gasteiger partial charge in [0.25, 0.3) is 10.1 Å². The molecule has 0 spiro atoms. The fraction of sp³-hybridized carbons (Fsp3) is 0.857. The summed E-state index contributed by atoms with van der Waals surface area (Å²) in [6, 6.07) is 0. The molecular formula is C7H14O4S. The van der Waals surface area contributed by atoms with Gasteiger partial charge < -0.3 is 4.79 Å². The van der Waals surface area contributed by atoms with E-state index in [1.54, 1.807) is 6.92 Å². The molecule has 0 heterocycles. The second-order valence-electron chi connectivity index (χ2n) is 3.55. The Kier molecular flexibility index (Phi) is 3.41. The van der Waals surface area contributed by atoms with Crippen molar-refractivity contribution in [2.45, 2.75) is 31.9 Å². The Hall–Kier alpha value is -0.420. The molecule has 0 saturated carbocycles. The highest BCUT2D eigenvalue weighted by atomic mass is 32.2. The van der Waals surface area contributed by atoms with Gasteiger partial charge in [-0.1, -0.05) is 6.92 Å². The largest absolute Gasteiger partial charge is 0.303 e. The highest BCUT2D eigenvalue weighted by Crippen LogP contribution is 2.23. The lowest BCUT2D eigenvalue weighted by Crippen LogP contribution is -2.33. The summed E-state index contributed by atoms with van der Waals surface area (Å²) in [5.74, 6) is -0.359. The minimum Gasteiger partial charge on any atom is -0.303 e. The van der Waals surface area contributed by atoms with Crippen LogP contribution < -0.4 is 0 Å². The highest BCUT2D eigenvalue weighted by molar-refractivity contribution is 7.87. The van der Waals surface area contributed by atoms with Gasteiger partial charge in [-0.25, -0.2) is 0 Å². The minimum atomic E-state index is -4.07. The van der Waals surface area contributed by atoms with Crippen LogP contribution in [0.1, 0.15) is 27.2 Å². The van der Waals surface area contributed by atoms with E-state index in [9.17, 15) is 13.2 Å². The molecule has 0 aromatic rings. The predicted octanol–water partition coefficient (Wildman–Crippen LogP) is 0.878. The lowest BCUT2D eigenvalue weighted by atomic mass is 10.00. The number of carbonyl (C=O) groups is 1. The van der Waals surface area contributed by atoms with E-state index in [-0.39, 0.29) is 12.3 Å². The van der Waals surface area contributed by atoms with Crippen LogP contribution in [0.5, 0.6) is 0 Å². The monoisotopic (exact) mass is 194 g/mol. The quantitative estimate of drug-likeness (QED) is 0.532. The zero-order valence-electron chi connectivity index (χ0n) is 7.44. The first-order valence-electron chi connectivity index (χ1n) is 3.63. The maximum absolute atomic E-state index is 10.7. The minimum absolute atomic E-state index is 0.134. The molecule has 5 heteroatoms. The van der Waals surface area contributed by atoms with Crippen molar-refractivity contribution in [2.24, 2.45) is 5.92 Å². The van der Waals surface area contributed by atoms with Crippen LogP contribution in [-0.2, 0) is 14.9 Å². The Morgan fingerprint density at radius 2 is 1.92 bits per heavy atom. The molecule has 0 radical (unpaired) electrons. The van der Waals surface area contributed by atoms with E-state index in [0.717, 1.165) is 0 Å². The topological polar surface area (TPSA) is 71.4 Å². The molecule has 0 aromatic heterocycles. The molecule has 0 bridgehead atoms. The molecule has 1 atom stereocenters. The second-order valence-corrected chi connectivity index (χ2v) is 5.61. The van der Waals surface area contributed by atoms with Crippen LogP contribution >= 0.6 is 0 Å². The van der Waals surface area contributed by atoms with E-state index in [1.165, 1.54) is 13.8 Å². The van der Waals surface area contributed by atoms with E-state index in [2.05, 4.69) is 0 Å². The fourth-order valence-electron chi connectivity index (χ4n) is 0.929. The van der Waals surface area contributed by atoms with Gasteiger partial charge in [0.05, 0.1) is 4.75 Å². The number of aldehydes is 1. The van der Waals surface area contributed by atoms with Crippen molar-refractivity contribution in [3.63, 3.8) is 0 Å². The van der Waals surface area contributed by atoms with E-state index >= 15 is 0 Å². The number of hydrogen-bond acceptors (Lipinski definition) is 3. The summed E-state index contributed by atoms with van der Waals surface area (Å²) in [4.78, 5) is 10.2. The van der Waals surface area contributed by atoms with Gasteiger partial charge in [-0.05, 0) is 20.3 Å². The molecule has 0 amide bonds. The zero-order valence-corrected chi connectivity index (χ0v) is 8.26. The number of rotatable bonds is 4. The van der Waals surface area contributed by atoms with Crippen LogP contribution in [0.15, 0.2) is 0 Å². The molecule has 72 valence electrons. The third-order valence-corrected chi connectivity index (χ3v) is 3.31. The van der Waals surface area contributed by atoms with Crippen LogP contribution in [0.4, 0.5) is 0 Å². The highest BCUT2D eigenvalue weighted by Gasteiger charge is 2.33. The lowest BCUT2D eigenvalue weighted by molar-refractivity contribution is -0.110. The average Bonchev–Trinajstić information content (AvgIpc) is 1.84. The van der Waals surface area contributed by atoms with Gasteiger partial charge in [-0.2, -0.15) is 8.42 Å². The SMILES string of the molecule is CC(C=O)CC(C)(C)S(=O)(=O)O. The van der Waals surface area contributed by atoms with Crippen molar-refractivity contribution in [2.75, 3.05) is 0 Å². The lowest BCUT2D eigenvalue weighted by Gasteiger charge is -2.21. The maximum atomic E-state index is 10.7. The first kappa shape index (κ1) is 11.6. The maximum Gasteiger partial charge on any atom is 0.270 e. The van der Waals surface area contributed by atoms with E-state index in [1.807, 2.05) is 0 Å². The van der Waals surface area contributed by atoms with Crippen molar-refractivity contribution in [3.05, 3.63) is 0 Å². The Bertz CT molecular complexity index is 253. The van der Waals surface area contributed by atoms with E-state index in [0.29, 0.717) is 6.29 Å². The van der Waals surface area contributed by atoms with Gasteiger partial charge in [-0.3, -0.25) is 4.55 Å². The molecule has 0 saturated heterocycles. The second kappa shape index (κ2) is 3.53. The molecule has 1 unspecified atom stereocenters. The molecule has 0 aliphatic carbocycles. The molecule has 0 aliphatic heterocycles. The Morgan fingerprint density at radius 1 is 1.50 bits per heavy atom. The summed E-state index contributed by atoms with van der Waals surface area (Å²) in [5.41, 5.74) is 0. The summed E-state index contributed by atoms with van der Waals surface area (Å²) in [7, 11) is -4.07. The first-order valence-corrected chi connectivity index (χ1v) is 5.07. The van der Waals surface area contributed by atoms with Crippen molar-refractivity contribution in [1.29, 1.82) is 0 Å². The average molecular weight is 194 g/mol. The summed E-state index contributed by atoms with van der Waals surface area (Å²) in [6.07, 6.45) is 0.808. The smallest absolute Gasteiger partial charge is 0.270 e. The van der Waals surface area contributed by atoms with Crippen LogP contribution in [0.3, 0.4) is 0 Å². The van der Waals surface area contributed by atoms with Crippen LogP contribution in [0, 0.1) is 5.92 Å². The Balaban J connectivity index is 4.55. The Morgan fingerprint density at radius 3 is 2.17 bits per heavy atom. The van der Waals surface area contributed by atoms with Crippen molar-refractivity contribution >= 4 is 16.4 Å². The van der Waals surface area contributed by atoms with Crippen molar-refractivity contribution in [3.8, 4) is 0 Å². The molecule has 0 aromatic carbocycles. The molecule has 0 rings (SSSR count). The summed E-state index contributed by atoms with van der Waals surface area (Å²) in [6.45, 7) is 4.39. The summed E-state index contributed by atoms with van der Waals surface area (Å²) < 4.78 is 29.0. The Labute approximate surface area is 72.7 Å². The molecule has 0 fully saturated rings. The summed E-state index contributed by atoms with van der Waals surface area (Å²) in [5, 5.41) is 0. The van der Waals surface area contributed by atoms with Gasteiger partial charge >= 0.3 is 0 Å². The van der Waals surface area contributed by atoms with E-state index < -0.39 is 14.9 Å². The van der Waals surface area contributed by atoms with Gasteiger partial charge in [-0.15, -0.1) is 0 Å². The van der Waals surface area contributed by atoms with Gasteiger partial charge in [0.2, 0.25) is 0 Å². The standard InChI is InChI=1S/C7H14O4S/c1-6(5-8)4-7(2,3)12(9,10)11/h5-6H,4H2,1-3H3,(H,9,10,11). The normalized spacial score (nSPS) is 15.7.